The molecule has 0 N–H and O–H groups in total. The van der Waals surface area contributed by atoms with Gasteiger partial charge in [-0.15, -0.1) is 11.3 Å². The van der Waals surface area contributed by atoms with E-state index in [0.29, 0.717) is 10.6 Å². The Bertz CT molecular complexity index is 1170. The van der Waals surface area contributed by atoms with E-state index in [4.69, 9.17) is 0 Å². The van der Waals surface area contributed by atoms with Crippen molar-refractivity contribution in [2.45, 2.75) is 11.8 Å². The molecule has 1 amide bonds. The lowest BCUT2D eigenvalue weighted by molar-refractivity contribution is 0.0702. The average Bonchev–Trinajstić information content (AvgIpc) is 3.15. The molecule has 156 valence electrons. The molecule has 0 bridgehead atoms. The van der Waals surface area contributed by atoms with E-state index in [1.54, 1.807) is 11.8 Å². The van der Waals surface area contributed by atoms with Gasteiger partial charge in [0.25, 0.3) is 5.91 Å². The van der Waals surface area contributed by atoms with E-state index < -0.39 is 15.8 Å². The molecule has 3 aromatic rings. The van der Waals surface area contributed by atoms with Crippen molar-refractivity contribution in [3.63, 3.8) is 0 Å². The molecular formula is C21H20FN3O3S2. The molecule has 1 aliphatic heterocycles. The van der Waals surface area contributed by atoms with Crippen LogP contribution in [0.5, 0.6) is 0 Å². The summed E-state index contributed by atoms with van der Waals surface area (Å²) in [5.74, 6) is -0.741. The van der Waals surface area contributed by atoms with Gasteiger partial charge in [0, 0.05) is 31.7 Å². The van der Waals surface area contributed by atoms with E-state index in [-0.39, 0.29) is 37.0 Å². The Hall–Kier alpha value is -2.62. The number of sulfonamides is 1. The fourth-order valence-electron chi connectivity index (χ4n) is 3.35. The Morgan fingerprint density at radius 2 is 1.73 bits per heavy atom. The van der Waals surface area contributed by atoms with Crippen LogP contribution in [-0.2, 0) is 10.0 Å². The van der Waals surface area contributed by atoms with Crippen molar-refractivity contribution in [2.75, 3.05) is 26.2 Å². The maximum Gasteiger partial charge on any atom is 0.265 e. The van der Waals surface area contributed by atoms with Crippen molar-refractivity contribution in [1.82, 2.24) is 14.2 Å². The van der Waals surface area contributed by atoms with Crippen molar-refractivity contribution in [2.24, 2.45) is 0 Å². The first-order valence-electron chi connectivity index (χ1n) is 9.44. The van der Waals surface area contributed by atoms with E-state index in [1.165, 1.54) is 33.8 Å². The first kappa shape index (κ1) is 20.6. The molecule has 2 heterocycles. The summed E-state index contributed by atoms with van der Waals surface area (Å²) in [5, 5.41) is 0.781. The lowest BCUT2D eigenvalue weighted by atomic mass is 10.2. The van der Waals surface area contributed by atoms with Crippen LogP contribution < -0.4 is 0 Å². The van der Waals surface area contributed by atoms with Gasteiger partial charge in [-0.25, -0.2) is 17.8 Å². The van der Waals surface area contributed by atoms with E-state index in [1.807, 2.05) is 30.3 Å². The van der Waals surface area contributed by atoms with E-state index >= 15 is 0 Å². The second kappa shape index (κ2) is 8.25. The number of hydrogen-bond acceptors (Lipinski definition) is 5. The zero-order valence-electron chi connectivity index (χ0n) is 16.3. The highest BCUT2D eigenvalue weighted by Crippen LogP contribution is 2.29. The summed E-state index contributed by atoms with van der Waals surface area (Å²) >= 11 is 1.34. The molecule has 0 atom stereocenters. The van der Waals surface area contributed by atoms with Crippen molar-refractivity contribution < 1.29 is 17.6 Å². The number of thiazole rings is 1. The molecule has 1 aliphatic rings. The molecule has 1 fully saturated rings. The molecule has 2 aromatic carbocycles. The van der Waals surface area contributed by atoms with Gasteiger partial charge >= 0.3 is 0 Å². The quantitative estimate of drug-likeness (QED) is 0.617. The number of nitrogens with zero attached hydrogens (tertiary/aromatic N) is 3. The van der Waals surface area contributed by atoms with Crippen LogP contribution >= 0.6 is 11.3 Å². The number of carbonyl (C=O) groups excluding carboxylic acids is 1. The fourth-order valence-corrected chi connectivity index (χ4v) is 5.84. The summed E-state index contributed by atoms with van der Waals surface area (Å²) in [4.78, 5) is 19.7. The van der Waals surface area contributed by atoms with Gasteiger partial charge in [0.05, 0.1) is 10.6 Å². The third-order valence-corrected chi connectivity index (χ3v) is 8.06. The van der Waals surface area contributed by atoms with Gasteiger partial charge in [0.1, 0.15) is 15.7 Å². The SMILES string of the molecule is Cc1nc(-c2ccccc2)sc1C(=O)N1CCN(S(=O)(=O)c2cccc(F)c2)CC1. The topological polar surface area (TPSA) is 70.6 Å². The first-order chi connectivity index (χ1) is 14.4. The molecule has 9 heteroatoms. The standard InChI is InChI=1S/C21H20FN3O3S2/c1-15-19(29-20(23-15)16-6-3-2-4-7-16)21(26)24-10-12-25(13-11-24)30(27,28)18-9-5-8-17(22)14-18/h2-9,14H,10-13H2,1H3. The van der Waals surface area contributed by atoms with Crippen LogP contribution in [0.2, 0.25) is 0 Å². The van der Waals surface area contributed by atoms with Crippen molar-refractivity contribution in [1.29, 1.82) is 0 Å². The van der Waals surface area contributed by atoms with Crippen molar-refractivity contribution >= 4 is 27.3 Å². The number of carbonyl (C=O) groups is 1. The minimum atomic E-state index is -3.79. The van der Waals surface area contributed by atoms with Crippen LogP contribution in [0.25, 0.3) is 10.6 Å². The molecular weight excluding hydrogens is 425 g/mol. The predicted molar refractivity (Wildman–Crippen MR) is 113 cm³/mol. The highest BCUT2D eigenvalue weighted by molar-refractivity contribution is 7.89. The smallest absolute Gasteiger partial charge is 0.265 e. The molecule has 0 saturated carbocycles. The number of amides is 1. The molecule has 0 unspecified atom stereocenters. The average molecular weight is 446 g/mol. The first-order valence-corrected chi connectivity index (χ1v) is 11.7. The lowest BCUT2D eigenvalue weighted by Crippen LogP contribution is -2.50. The minimum absolute atomic E-state index is 0.0759. The Balaban J connectivity index is 1.47. The van der Waals surface area contributed by atoms with Gasteiger partial charge in [-0.3, -0.25) is 4.79 Å². The number of benzene rings is 2. The van der Waals surface area contributed by atoms with Crippen LogP contribution in [0, 0.1) is 12.7 Å². The number of aromatic nitrogens is 1. The summed E-state index contributed by atoms with van der Waals surface area (Å²) in [6.07, 6.45) is 0. The minimum Gasteiger partial charge on any atom is -0.335 e. The monoisotopic (exact) mass is 445 g/mol. The van der Waals surface area contributed by atoms with Crippen molar-refractivity contribution in [3.8, 4) is 10.6 Å². The number of hydrogen-bond donors (Lipinski definition) is 0. The Kier molecular flexibility index (Phi) is 5.68. The Morgan fingerprint density at radius 3 is 2.40 bits per heavy atom. The zero-order chi connectivity index (χ0) is 21.3. The normalized spacial score (nSPS) is 15.3. The van der Waals surface area contributed by atoms with Gasteiger partial charge in [-0.1, -0.05) is 36.4 Å². The van der Waals surface area contributed by atoms with Crippen LogP contribution in [0.3, 0.4) is 0 Å². The third-order valence-electron chi connectivity index (χ3n) is 4.97. The van der Waals surface area contributed by atoms with Crippen LogP contribution in [0.15, 0.2) is 59.5 Å². The number of rotatable bonds is 4. The van der Waals surface area contributed by atoms with Gasteiger partial charge in [-0.05, 0) is 25.1 Å². The molecule has 0 spiro atoms. The maximum absolute atomic E-state index is 13.4. The molecule has 4 rings (SSSR count). The highest BCUT2D eigenvalue weighted by Gasteiger charge is 2.31. The number of aryl methyl sites for hydroxylation is 1. The number of piperazine rings is 1. The van der Waals surface area contributed by atoms with E-state index in [2.05, 4.69) is 4.98 Å². The Labute approximate surface area is 178 Å². The summed E-state index contributed by atoms with van der Waals surface area (Å²) in [7, 11) is -3.79. The second-order valence-corrected chi connectivity index (χ2v) is 9.89. The summed E-state index contributed by atoms with van der Waals surface area (Å²) < 4.78 is 40.2. The highest BCUT2D eigenvalue weighted by atomic mass is 32.2. The van der Waals surface area contributed by atoms with Gasteiger partial charge in [0.15, 0.2) is 0 Å². The molecule has 6 nitrogen and oxygen atoms in total. The summed E-state index contributed by atoms with van der Waals surface area (Å²) in [6, 6.07) is 14.6. The maximum atomic E-state index is 13.4. The van der Waals surface area contributed by atoms with Gasteiger partial charge in [0.2, 0.25) is 10.0 Å². The summed E-state index contributed by atoms with van der Waals surface area (Å²) in [5.41, 5.74) is 1.62. The predicted octanol–water partition coefficient (Wildman–Crippen LogP) is 3.40. The second-order valence-electron chi connectivity index (χ2n) is 6.95. The molecule has 0 aliphatic carbocycles. The molecule has 0 radical (unpaired) electrons. The molecule has 30 heavy (non-hydrogen) atoms. The fraction of sp³-hybridized carbons (Fsp3) is 0.238. The van der Waals surface area contributed by atoms with Crippen LogP contribution in [-0.4, -0.2) is 54.7 Å². The van der Waals surface area contributed by atoms with E-state index in [0.717, 1.165) is 16.6 Å². The molecule has 1 saturated heterocycles. The third kappa shape index (κ3) is 4.00. The van der Waals surface area contributed by atoms with Gasteiger partial charge in [-0.2, -0.15) is 4.31 Å². The summed E-state index contributed by atoms with van der Waals surface area (Å²) in [6.45, 7) is 2.67. The molecule has 1 aromatic heterocycles. The van der Waals surface area contributed by atoms with Crippen molar-refractivity contribution in [3.05, 3.63) is 71.0 Å². The zero-order valence-corrected chi connectivity index (χ0v) is 17.9. The Morgan fingerprint density at radius 1 is 1.03 bits per heavy atom. The van der Waals surface area contributed by atoms with Crippen LogP contribution in [0.1, 0.15) is 15.4 Å². The number of halogens is 1. The van der Waals surface area contributed by atoms with E-state index in [9.17, 15) is 17.6 Å². The van der Waals surface area contributed by atoms with Gasteiger partial charge < -0.3 is 4.90 Å². The largest absolute Gasteiger partial charge is 0.335 e. The lowest BCUT2D eigenvalue weighted by Gasteiger charge is -2.33. The van der Waals surface area contributed by atoms with Crippen LogP contribution in [0.4, 0.5) is 4.39 Å².